The minimum absolute atomic E-state index is 0.0235. The molecule has 2 aromatic carbocycles. The maximum absolute atomic E-state index is 14.3. The number of ether oxygens (including phenoxy) is 2. The number of likely N-dealkylation sites (tertiary alicyclic amines) is 1. The predicted octanol–water partition coefficient (Wildman–Crippen LogP) is 5.46. The molecule has 0 bridgehead atoms. The van der Waals surface area contributed by atoms with Crippen molar-refractivity contribution in [1.29, 1.82) is 0 Å². The number of carbonyl (C=O) groups is 1. The number of alkyl halides is 1. The zero-order chi connectivity index (χ0) is 33.8. The number of rotatable bonds is 9. The van der Waals surface area contributed by atoms with Crippen LogP contribution in [0.2, 0.25) is 0 Å². The van der Waals surface area contributed by atoms with E-state index in [-0.39, 0.29) is 25.5 Å². The van der Waals surface area contributed by atoms with Crippen LogP contribution in [-0.4, -0.2) is 72.5 Å². The summed E-state index contributed by atoms with van der Waals surface area (Å²) < 4.78 is 35.6. The van der Waals surface area contributed by atoms with E-state index in [1.165, 1.54) is 17.7 Å². The van der Waals surface area contributed by atoms with Crippen LogP contribution in [0.25, 0.3) is 44.8 Å². The number of nitrogens with zero attached hydrogens (tertiary/aromatic N) is 7. The van der Waals surface area contributed by atoms with Gasteiger partial charge in [0.1, 0.15) is 28.8 Å². The van der Waals surface area contributed by atoms with Gasteiger partial charge in [-0.3, -0.25) is 4.79 Å². The van der Waals surface area contributed by atoms with Crippen LogP contribution in [0, 0.1) is 12.8 Å². The van der Waals surface area contributed by atoms with Gasteiger partial charge in [0.25, 0.3) is 11.8 Å². The second-order valence-corrected chi connectivity index (χ2v) is 13.1. The highest BCUT2D eigenvalue weighted by Crippen LogP contribution is 2.38. The van der Waals surface area contributed by atoms with E-state index in [4.69, 9.17) is 29.6 Å². The van der Waals surface area contributed by atoms with Crippen molar-refractivity contribution >= 4 is 28.0 Å². The Morgan fingerprint density at radius 3 is 2.59 bits per heavy atom. The lowest BCUT2D eigenvalue weighted by Crippen LogP contribution is -2.50. The number of benzene rings is 2. The van der Waals surface area contributed by atoms with Gasteiger partial charge in [-0.15, -0.1) is 10.2 Å². The van der Waals surface area contributed by atoms with Crippen molar-refractivity contribution in [1.82, 2.24) is 34.2 Å². The van der Waals surface area contributed by atoms with E-state index >= 15 is 0 Å². The number of fused-ring (bicyclic) bond motifs is 2. The number of methoxy groups -OCH3 is 1. The molecule has 0 spiro atoms. The molecular weight excluding hydrogens is 627 g/mol. The van der Waals surface area contributed by atoms with Gasteiger partial charge < -0.3 is 33.7 Å². The van der Waals surface area contributed by atoms with Crippen molar-refractivity contribution in [2.75, 3.05) is 20.2 Å². The molecule has 2 aliphatic rings. The van der Waals surface area contributed by atoms with Gasteiger partial charge in [0.15, 0.2) is 12.4 Å². The van der Waals surface area contributed by atoms with Gasteiger partial charge >= 0.3 is 0 Å². The highest BCUT2D eigenvalue weighted by atomic mass is 19.1. The summed E-state index contributed by atoms with van der Waals surface area (Å²) in [6.45, 7) is 3.09. The topological polar surface area (TPSA) is 139 Å². The predicted molar refractivity (Wildman–Crippen MR) is 181 cm³/mol. The summed E-state index contributed by atoms with van der Waals surface area (Å²) in [7, 11) is 3.53. The second-order valence-electron chi connectivity index (χ2n) is 13.1. The number of aryl methyl sites for hydroxylation is 2. The van der Waals surface area contributed by atoms with E-state index in [0.717, 1.165) is 45.9 Å². The van der Waals surface area contributed by atoms with Crippen LogP contribution in [-0.2, 0) is 20.2 Å². The van der Waals surface area contributed by atoms with Gasteiger partial charge in [0, 0.05) is 49.6 Å². The lowest BCUT2D eigenvalue weighted by molar-refractivity contribution is 0.0606. The van der Waals surface area contributed by atoms with Gasteiger partial charge in [-0.2, -0.15) is 0 Å². The number of pyridine rings is 1. The van der Waals surface area contributed by atoms with E-state index in [1.54, 1.807) is 26.2 Å². The Labute approximate surface area is 281 Å². The van der Waals surface area contributed by atoms with E-state index in [9.17, 15) is 9.18 Å². The summed E-state index contributed by atoms with van der Waals surface area (Å²) in [5.74, 6) is 3.15. The van der Waals surface area contributed by atoms with Crippen LogP contribution < -0.4 is 15.2 Å². The molecule has 0 radical (unpaired) electrons. The lowest BCUT2D eigenvalue weighted by atomic mass is 10.0. The number of aromatic nitrogens is 6. The molecule has 0 unspecified atom stereocenters. The van der Waals surface area contributed by atoms with Crippen molar-refractivity contribution in [2.24, 2.45) is 18.7 Å². The number of carbonyl (C=O) groups excluding carboxylic acids is 1. The molecule has 8 rings (SSSR count). The SMILES string of the molecule is COc1cc(C(=O)N2C[C@H](N)C[C@@H](F)C2)cc2nc(-c3cc4ccc(-c5ccc(OCc6nnc(C)o6)cc5)nc4n3CC3CC3)n(C)c12. The first kappa shape index (κ1) is 31.0. The van der Waals surface area contributed by atoms with Crippen LogP contribution >= 0.6 is 0 Å². The van der Waals surface area contributed by atoms with Gasteiger partial charge in [-0.25, -0.2) is 14.4 Å². The average Bonchev–Trinajstić information content (AvgIpc) is 3.58. The molecule has 5 heterocycles. The molecule has 1 aliphatic heterocycles. The largest absolute Gasteiger partial charge is 0.494 e. The smallest absolute Gasteiger partial charge is 0.254 e. The van der Waals surface area contributed by atoms with Crippen LogP contribution in [0.3, 0.4) is 0 Å². The van der Waals surface area contributed by atoms with Crippen molar-refractivity contribution < 1.29 is 23.1 Å². The first-order valence-electron chi connectivity index (χ1n) is 16.5. The van der Waals surface area contributed by atoms with Gasteiger partial charge in [0.05, 0.1) is 30.6 Å². The number of piperidine rings is 1. The van der Waals surface area contributed by atoms with E-state index < -0.39 is 12.2 Å². The monoisotopic (exact) mass is 664 g/mol. The standard InChI is InChI=1S/C36H37FN8O4/c1-20-41-42-32(49-20)19-48-27-9-6-22(7-10-27)28-11-8-23-13-30(45(34(23)39-28)16-21-4-5-21)35-40-29-12-24(14-31(47-3)33(29)43(35)2)36(46)44-17-25(37)15-26(38)18-44/h6-14,21,25-26H,4-5,15-19,38H2,1-3H3/t25-,26-/m1/s1. The molecule has 2 fully saturated rings. The molecule has 2 atom stereocenters. The molecule has 12 nitrogen and oxygen atoms in total. The van der Waals surface area contributed by atoms with Crippen molar-refractivity contribution in [2.45, 2.75) is 51.6 Å². The number of amides is 1. The van der Waals surface area contributed by atoms with Crippen LogP contribution in [0.4, 0.5) is 4.39 Å². The van der Waals surface area contributed by atoms with Crippen LogP contribution in [0.15, 0.2) is 59.0 Å². The Morgan fingerprint density at radius 2 is 1.88 bits per heavy atom. The molecule has 1 saturated carbocycles. The van der Waals surface area contributed by atoms with Crippen molar-refractivity contribution in [3.8, 4) is 34.3 Å². The summed E-state index contributed by atoms with van der Waals surface area (Å²) in [5, 5.41) is 8.82. The highest BCUT2D eigenvalue weighted by Gasteiger charge is 2.30. The first-order chi connectivity index (χ1) is 23.7. The number of imidazole rings is 1. The molecular formula is C36H37FN8O4. The minimum atomic E-state index is -1.14. The van der Waals surface area contributed by atoms with Crippen LogP contribution in [0.5, 0.6) is 11.5 Å². The van der Waals surface area contributed by atoms with E-state index in [2.05, 4.69) is 26.9 Å². The number of nitrogens with two attached hydrogens (primary N) is 1. The quantitative estimate of drug-likeness (QED) is 0.214. The Balaban J connectivity index is 1.14. The molecule has 4 aromatic heterocycles. The Kier molecular flexibility index (Phi) is 7.78. The summed E-state index contributed by atoms with van der Waals surface area (Å²) in [4.78, 5) is 25.2. The molecule has 2 N–H and O–H groups in total. The molecule has 1 saturated heterocycles. The molecule has 13 heteroatoms. The normalized spacial score (nSPS) is 18.0. The third kappa shape index (κ3) is 5.99. The molecule has 6 aromatic rings. The summed E-state index contributed by atoms with van der Waals surface area (Å²) in [6, 6.07) is 17.1. The lowest BCUT2D eigenvalue weighted by Gasteiger charge is -2.33. The fourth-order valence-corrected chi connectivity index (χ4v) is 6.72. The Bertz CT molecular complexity index is 2170. The Morgan fingerprint density at radius 1 is 1.06 bits per heavy atom. The molecule has 49 heavy (non-hydrogen) atoms. The summed E-state index contributed by atoms with van der Waals surface area (Å²) >= 11 is 0. The fourth-order valence-electron chi connectivity index (χ4n) is 6.72. The molecule has 1 amide bonds. The Hall–Kier alpha value is -5.30. The van der Waals surface area contributed by atoms with Crippen LogP contribution in [0.1, 0.15) is 41.4 Å². The van der Waals surface area contributed by atoms with Crippen molar-refractivity contribution in [3.63, 3.8) is 0 Å². The fraction of sp³-hybridized carbons (Fsp3) is 0.361. The molecule has 252 valence electrons. The number of hydrogen-bond acceptors (Lipinski definition) is 9. The van der Waals surface area contributed by atoms with E-state index in [0.29, 0.717) is 46.8 Å². The number of halogens is 1. The number of hydrogen-bond donors (Lipinski definition) is 1. The van der Waals surface area contributed by atoms with Crippen molar-refractivity contribution in [3.05, 3.63) is 71.9 Å². The molecule has 1 aliphatic carbocycles. The third-order valence-electron chi connectivity index (χ3n) is 9.31. The minimum Gasteiger partial charge on any atom is -0.494 e. The zero-order valence-electron chi connectivity index (χ0n) is 27.6. The second kappa shape index (κ2) is 12.3. The van der Waals surface area contributed by atoms with E-state index in [1.807, 2.05) is 41.9 Å². The first-order valence-corrected chi connectivity index (χ1v) is 16.5. The van der Waals surface area contributed by atoms with Gasteiger partial charge in [0.2, 0.25) is 5.89 Å². The van der Waals surface area contributed by atoms with Gasteiger partial charge in [-0.1, -0.05) is 0 Å². The maximum atomic E-state index is 14.3. The summed E-state index contributed by atoms with van der Waals surface area (Å²) in [5.41, 5.74) is 11.4. The highest BCUT2D eigenvalue weighted by molar-refractivity contribution is 6.00. The van der Waals surface area contributed by atoms with Gasteiger partial charge in [-0.05, 0) is 79.8 Å². The third-order valence-corrected chi connectivity index (χ3v) is 9.31. The maximum Gasteiger partial charge on any atom is 0.254 e. The summed E-state index contributed by atoms with van der Waals surface area (Å²) in [6.07, 6.45) is 1.45. The zero-order valence-corrected chi connectivity index (χ0v) is 27.6. The average molecular weight is 665 g/mol.